The van der Waals surface area contributed by atoms with Crippen LogP contribution in [0, 0.1) is 13.8 Å². The molecule has 1 aromatic heterocycles. The van der Waals surface area contributed by atoms with Crippen LogP contribution in [0.1, 0.15) is 16.7 Å². The first-order chi connectivity index (χ1) is 12.9. The fourth-order valence-electron chi connectivity index (χ4n) is 2.73. The first kappa shape index (κ1) is 18.9. The fraction of sp³-hybridized carbons (Fsp3) is 0.190. The van der Waals surface area contributed by atoms with Crippen LogP contribution in [0.4, 0.5) is 5.69 Å². The van der Waals surface area contributed by atoms with Crippen molar-refractivity contribution in [3.8, 4) is 5.75 Å². The number of hydrogen-bond donors (Lipinski definition) is 0. The molecule has 27 heavy (non-hydrogen) atoms. The Kier molecular flexibility index (Phi) is 5.46. The van der Waals surface area contributed by atoms with E-state index in [1.807, 2.05) is 38.1 Å². The largest absolute Gasteiger partial charge is 0.497 e. The minimum atomic E-state index is -3.76. The first-order valence-corrected chi connectivity index (χ1v) is 9.99. The van der Waals surface area contributed by atoms with E-state index >= 15 is 0 Å². The molecular weight excluding hydrogens is 360 g/mol. The Hall–Kier alpha value is -2.86. The number of pyridine rings is 1. The predicted octanol–water partition coefficient (Wildman–Crippen LogP) is 4.10. The van der Waals surface area contributed by atoms with E-state index in [4.69, 9.17) is 4.74 Å². The molecule has 0 radical (unpaired) electrons. The highest BCUT2D eigenvalue weighted by Gasteiger charge is 2.25. The lowest BCUT2D eigenvalue weighted by atomic mass is 10.1. The van der Waals surface area contributed by atoms with E-state index in [0.717, 1.165) is 16.7 Å². The molecule has 0 atom stereocenters. The smallest absolute Gasteiger partial charge is 0.264 e. The van der Waals surface area contributed by atoms with Crippen LogP contribution in [0.15, 0.2) is 71.9 Å². The lowest BCUT2D eigenvalue weighted by Gasteiger charge is -2.25. The lowest BCUT2D eigenvalue weighted by Crippen LogP contribution is -2.30. The van der Waals surface area contributed by atoms with Gasteiger partial charge in [0.1, 0.15) is 5.75 Å². The summed E-state index contributed by atoms with van der Waals surface area (Å²) in [5.41, 5.74) is 3.58. The van der Waals surface area contributed by atoms with Crippen LogP contribution in [-0.4, -0.2) is 20.5 Å². The van der Waals surface area contributed by atoms with Crippen molar-refractivity contribution in [2.75, 3.05) is 11.4 Å². The average molecular weight is 382 g/mol. The van der Waals surface area contributed by atoms with Crippen molar-refractivity contribution in [2.24, 2.45) is 0 Å². The second-order valence-electron chi connectivity index (χ2n) is 6.32. The summed E-state index contributed by atoms with van der Waals surface area (Å²) < 4.78 is 33.3. The van der Waals surface area contributed by atoms with E-state index in [2.05, 4.69) is 4.98 Å². The number of rotatable bonds is 6. The number of anilines is 1. The van der Waals surface area contributed by atoms with E-state index in [1.165, 1.54) is 4.31 Å². The lowest BCUT2D eigenvalue weighted by molar-refractivity contribution is 0.414. The third kappa shape index (κ3) is 4.11. The van der Waals surface area contributed by atoms with Gasteiger partial charge < -0.3 is 4.74 Å². The Morgan fingerprint density at radius 3 is 2.33 bits per heavy atom. The second-order valence-corrected chi connectivity index (χ2v) is 8.18. The van der Waals surface area contributed by atoms with Gasteiger partial charge in [0.15, 0.2) is 0 Å². The van der Waals surface area contributed by atoms with Crippen molar-refractivity contribution in [1.82, 2.24) is 4.98 Å². The number of aromatic nitrogens is 1. The molecule has 0 aliphatic rings. The van der Waals surface area contributed by atoms with Gasteiger partial charge in [-0.05, 0) is 73.0 Å². The van der Waals surface area contributed by atoms with Gasteiger partial charge in [-0.1, -0.05) is 12.1 Å². The third-order valence-electron chi connectivity index (χ3n) is 4.47. The zero-order valence-corrected chi connectivity index (χ0v) is 16.4. The summed E-state index contributed by atoms with van der Waals surface area (Å²) in [5, 5.41) is 0. The number of sulfonamides is 1. The molecule has 5 nitrogen and oxygen atoms in total. The SMILES string of the molecule is COc1ccc(S(=O)(=O)N(Cc2cccnc2)c2ccc(C)c(C)c2)cc1. The minimum absolute atomic E-state index is 0.199. The molecule has 0 N–H and O–H groups in total. The molecule has 0 aliphatic heterocycles. The number of hydrogen-bond acceptors (Lipinski definition) is 4. The number of ether oxygens (including phenoxy) is 1. The normalized spacial score (nSPS) is 11.2. The number of nitrogens with zero attached hydrogens (tertiary/aromatic N) is 2. The van der Waals surface area contributed by atoms with E-state index in [1.54, 1.807) is 49.8 Å². The van der Waals surface area contributed by atoms with Gasteiger partial charge in [-0.15, -0.1) is 0 Å². The van der Waals surface area contributed by atoms with Crippen LogP contribution in [0.25, 0.3) is 0 Å². The Balaban J connectivity index is 2.08. The molecule has 0 spiro atoms. The fourth-order valence-corrected chi connectivity index (χ4v) is 4.17. The number of methoxy groups -OCH3 is 1. The summed E-state index contributed by atoms with van der Waals surface area (Å²) in [4.78, 5) is 4.32. The maximum atomic E-state index is 13.4. The van der Waals surface area contributed by atoms with Gasteiger partial charge in [0.25, 0.3) is 10.0 Å². The van der Waals surface area contributed by atoms with Gasteiger partial charge >= 0.3 is 0 Å². The van der Waals surface area contributed by atoms with Crippen molar-refractivity contribution in [3.05, 3.63) is 83.7 Å². The summed E-state index contributed by atoms with van der Waals surface area (Å²) in [6.07, 6.45) is 3.35. The van der Waals surface area contributed by atoms with E-state index in [-0.39, 0.29) is 11.4 Å². The molecule has 1 heterocycles. The van der Waals surface area contributed by atoms with Crippen LogP contribution >= 0.6 is 0 Å². The summed E-state index contributed by atoms with van der Waals surface area (Å²) in [7, 11) is -2.21. The van der Waals surface area contributed by atoms with Crippen LogP contribution in [0.3, 0.4) is 0 Å². The summed E-state index contributed by atoms with van der Waals surface area (Å²) in [6, 6.07) is 15.7. The highest BCUT2D eigenvalue weighted by atomic mass is 32.2. The molecule has 0 amide bonds. The van der Waals surface area contributed by atoms with E-state index in [0.29, 0.717) is 11.4 Å². The third-order valence-corrected chi connectivity index (χ3v) is 6.26. The molecule has 0 fully saturated rings. The van der Waals surface area contributed by atoms with Crippen LogP contribution in [0.2, 0.25) is 0 Å². The first-order valence-electron chi connectivity index (χ1n) is 8.55. The summed E-state index contributed by atoms with van der Waals surface area (Å²) >= 11 is 0. The Morgan fingerprint density at radius 1 is 1.00 bits per heavy atom. The Morgan fingerprint density at radius 2 is 1.74 bits per heavy atom. The molecule has 2 aromatic carbocycles. The van der Waals surface area contributed by atoms with Gasteiger partial charge in [-0.25, -0.2) is 8.42 Å². The zero-order valence-electron chi connectivity index (χ0n) is 15.6. The van der Waals surface area contributed by atoms with Gasteiger partial charge in [-0.3, -0.25) is 9.29 Å². The van der Waals surface area contributed by atoms with Gasteiger partial charge in [0.05, 0.1) is 24.2 Å². The van der Waals surface area contributed by atoms with Crippen molar-refractivity contribution >= 4 is 15.7 Å². The number of aryl methyl sites for hydroxylation is 2. The molecule has 6 heteroatoms. The molecule has 0 saturated heterocycles. The molecule has 0 unspecified atom stereocenters. The zero-order chi connectivity index (χ0) is 19.4. The monoisotopic (exact) mass is 382 g/mol. The minimum Gasteiger partial charge on any atom is -0.497 e. The van der Waals surface area contributed by atoms with E-state index in [9.17, 15) is 8.42 Å². The van der Waals surface area contributed by atoms with Crippen LogP contribution < -0.4 is 9.04 Å². The molecule has 0 saturated carbocycles. The standard InChI is InChI=1S/C21H22N2O3S/c1-16-6-7-19(13-17(16)2)23(15-18-5-4-12-22-14-18)27(24,25)21-10-8-20(26-3)9-11-21/h4-14H,15H2,1-3H3. The molecule has 140 valence electrons. The van der Waals surface area contributed by atoms with Crippen LogP contribution in [-0.2, 0) is 16.6 Å². The maximum Gasteiger partial charge on any atom is 0.264 e. The van der Waals surface area contributed by atoms with Crippen molar-refractivity contribution in [3.63, 3.8) is 0 Å². The Labute approximate surface area is 160 Å². The quantitative estimate of drug-likeness (QED) is 0.644. The topological polar surface area (TPSA) is 59.5 Å². The molecular formula is C21H22N2O3S. The summed E-state index contributed by atoms with van der Waals surface area (Å²) in [6.45, 7) is 4.17. The van der Waals surface area contributed by atoms with Gasteiger partial charge in [0.2, 0.25) is 0 Å². The predicted molar refractivity (Wildman–Crippen MR) is 107 cm³/mol. The van der Waals surface area contributed by atoms with Crippen molar-refractivity contribution in [1.29, 1.82) is 0 Å². The van der Waals surface area contributed by atoms with Gasteiger partial charge in [0, 0.05) is 12.4 Å². The van der Waals surface area contributed by atoms with Crippen molar-refractivity contribution < 1.29 is 13.2 Å². The highest BCUT2D eigenvalue weighted by Crippen LogP contribution is 2.28. The summed E-state index contributed by atoms with van der Waals surface area (Å²) in [5.74, 6) is 0.610. The molecule has 0 aliphatic carbocycles. The van der Waals surface area contributed by atoms with Gasteiger partial charge in [-0.2, -0.15) is 0 Å². The van der Waals surface area contributed by atoms with Crippen molar-refractivity contribution in [2.45, 2.75) is 25.3 Å². The Bertz CT molecular complexity index is 1020. The van der Waals surface area contributed by atoms with Crippen LogP contribution in [0.5, 0.6) is 5.75 Å². The average Bonchev–Trinajstić information content (AvgIpc) is 2.69. The maximum absolute atomic E-state index is 13.4. The van der Waals surface area contributed by atoms with E-state index < -0.39 is 10.0 Å². The molecule has 3 aromatic rings. The molecule has 0 bridgehead atoms. The second kappa shape index (κ2) is 7.80. The highest BCUT2D eigenvalue weighted by molar-refractivity contribution is 7.92. The molecule has 3 rings (SSSR count). The number of benzene rings is 2.